The Kier molecular flexibility index (Phi) is 5.63. The number of rotatable bonds is 7. The summed E-state index contributed by atoms with van der Waals surface area (Å²) in [5.41, 5.74) is 2.35. The highest BCUT2D eigenvalue weighted by atomic mass is 16.5. The van der Waals surface area contributed by atoms with E-state index < -0.39 is 0 Å². The minimum absolute atomic E-state index is 0.499. The molecule has 0 aliphatic rings. The molecule has 0 radical (unpaired) electrons. The second-order valence-corrected chi connectivity index (χ2v) is 5.09. The van der Waals surface area contributed by atoms with Crippen LogP contribution in [0.25, 0.3) is 11.1 Å². The molecule has 0 aliphatic carbocycles. The van der Waals surface area contributed by atoms with Gasteiger partial charge in [-0.15, -0.1) is 0 Å². The van der Waals surface area contributed by atoms with Crippen molar-refractivity contribution in [2.45, 2.75) is 13.8 Å². The lowest BCUT2D eigenvalue weighted by atomic mass is 10.0. The molecule has 2 nitrogen and oxygen atoms in total. The Balaban J connectivity index is 2.05. The standard InChI is InChI=1S/C18H23NO/c1-3-19-13-15(2)14-20-18-12-8-7-11-17(18)16-9-5-4-6-10-16/h4-12,15,19H,3,13-14H2,1-2H3. The maximum atomic E-state index is 6.01. The summed E-state index contributed by atoms with van der Waals surface area (Å²) in [7, 11) is 0. The lowest BCUT2D eigenvalue weighted by molar-refractivity contribution is 0.257. The van der Waals surface area contributed by atoms with E-state index in [0.29, 0.717) is 5.92 Å². The molecule has 0 saturated heterocycles. The van der Waals surface area contributed by atoms with Gasteiger partial charge < -0.3 is 10.1 Å². The normalized spacial score (nSPS) is 12.1. The van der Waals surface area contributed by atoms with Crippen molar-refractivity contribution in [2.24, 2.45) is 5.92 Å². The van der Waals surface area contributed by atoms with Gasteiger partial charge in [-0.1, -0.05) is 62.4 Å². The van der Waals surface area contributed by atoms with Crippen molar-refractivity contribution >= 4 is 0 Å². The molecule has 2 aromatic carbocycles. The van der Waals surface area contributed by atoms with E-state index in [1.807, 2.05) is 18.2 Å². The third-order valence-corrected chi connectivity index (χ3v) is 3.24. The topological polar surface area (TPSA) is 21.3 Å². The third-order valence-electron chi connectivity index (χ3n) is 3.24. The quantitative estimate of drug-likeness (QED) is 0.821. The van der Waals surface area contributed by atoms with Crippen molar-refractivity contribution in [3.05, 3.63) is 54.6 Å². The number of para-hydroxylation sites is 1. The molecule has 0 aromatic heterocycles. The molecule has 0 amide bonds. The molecule has 1 atom stereocenters. The van der Waals surface area contributed by atoms with Crippen molar-refractivity contribution in [2.75, 3.05) is 19.7 Å². The van der Waals surface area contributed by atoms with Gasteiger partial charge in [0.25, 0.3) is 0 Å². The first-order chi connectivity index (χ1) is 9.81. The fourth-order valence-electron chi connectivity index (χ4n) is 2.13. The monoisotopic (exact) mass is 269 g/mol. The Labute approximate surface area is 121 Å². The van der Waals surface area contributed by atoms with Gasteiger partial charge in [0.15, 0.2) is 0 Å². The summed E-state index contributed by atoms with van der Waals surface area (Å²) in [4.78, 5) is 0. The Bertz CT molecular complexity index is 510. The molecule has 106 valence electrons. The Hall–Kier alpha value is -1.80. The highest BCUT2D eigenvalue weighted by Crippen LogP contribution is 2.29. The van der Waals surface area contributed by atoms with Gasteiger partial charge in [-0.3, -0.25) is 0 Å². The van der Waals surface area contributed by atoms with Gasteiger partial charge in [-0.2, -0.15) is 0 Å². The highest BCUT2D eigenvalue weighted by Gasteiger charge is 2.07. The molecule has 0 heterocycles. The van der Waals surface area contributed by atoms with Crippen LogP contribution in [-0.2, 0) is 0 Å². The number of benzene rings is 2. The number of nitrogens with one attached hydrogen (secondary N) is 1. The van der Waals surface area contributed by atoms with Crippen LogP contribution in [0, 0.1) is 5.92 Å². The molecule has 0 saturated carbocycles. The molecule has 1 unspecified atom stereocenters. The summed E-state index contributed by atoms with van der Waals surface area (Å²) in [6.45, 7) is 7.05. The van der Waals surface area contributed by atoms with Crippen molar-refractivity contribution in [3.63, 3.8) is 0 Å². The van der Waals surface area contributed by atoms with E-state index >= 15 is 0 Å². The molecule has 0 aliphatic heterocycles. The molecule has 2 heteroatoms. The van der Waals surface area contributed by atoms with E-state index in [2.05, 4.69) is 55.6 Å². The van der Waals surface area contributed by atoms with Crippen LogP contribution in [0.5, 0.6) is 5.75 Å². The van der Waals surface area contributed by atoms with E-state index in [0.717, 1.165) is 31.0 Å². The van der Waals surface area contributed by atoms with Gasteiger partial charge >= 0.3 is 0 Å². The van der Waals surface area contributed by atoms with Crippen molar-refractivity contribution < 1.29 is 4.74 Å². The predicted octanol–water partition coefficient (Wildman–Crippen LogP) is 3.98. The van der Waals surface area contributed by atoms with Crippen LogP contribution in [0.4, 0.5) is 0 Å². The van der Waals surface area contributed by atoms with Gasteiger partial charge in [0.2, 0.25) is 0 Å². The number of hydrogen-bond acceptors (Lipinski definition) is 2. The summed E-state index contributed by atoms with van der Waals surface area (Å²) in [5, 5.41) is 3.35. The lowest BCUT2D eigenvalue weighted by Gasteiger charge is -2.16. The molecule has 2 aromatic rings. The second kappa shape index (κ2) is 7.71. The van der Waals surface area contributed by atoms with Crippen LogP contribution in [0.3, 0.4) is 0 Å². The SMILES string of the molecule is CCNCC(C)COc1ccccc1-c1ccccc1. The molecular formula is C18H23NO. The fourth-order valence-corrected chi connectivity index (χ4v) is 2.13. The zero-order valence-corrected chi connectivity index (χ0v) is 12.3. The van der Waals surface area contributed by atoms with Gasteiger partial charge in [-0.05, 0) is 18.2 Å². The molecule has 0 bridgehead atoms. The van der Waals surface area contributed by atoms with Gasteiger partial charge in [0, 0.05) is 18.0 Å². The molecule has 0 fully saturated rings. The minimum atomic E-state index is 0.499. The smallest absolute Gasteiger partial charge is 0.127 e. The van der Waals surface area contributed by atoms with Gasteiger partial charge in [-0.25, -0.2) is 0 Å². The first-order valence-electron chi connectivity index (χ1n) is 7.29. The highest BCUT2D eigenvalue weighted by molar-refractivity contribution is 5.70. The van der Waals surface area contributed by atoms with Crippen LogP contribution in [0.2, 0.25) is 0 Å². The Morgan fingerprint density at radius 1 is 1.00 bits per heavy atom. The van der Waals surface area contributed by atoms with Crippen LogP contribution >= 0.6 is 0 Å². The van der Waals surface area contributed by atoms with Crippen LogP contribution in [0.15, 0.2) is 54.6 Å². The second-order valence-electron chi connectivity index (χ2n) is 5.09. The summed E-state index contributed by atoms with van der Waals surface area (Å²) in [6.07, 6.45) is 0. The minimum Gasteiger partial charge on any atom is -0.493 e. The van der Waals surface area contributed by atoms with Crippen molar-refractivity contribution in [1.82, 2.24) is 5.32 Å². The largest absolute Gasteiger partial charge is 0.493 e. The third kappa shape index (κ3) is 4.10. The van der Waals surface area contributed by atoms with Crippen LogP contribution in [0.1, 0.15) is 13.8 Å². The fraction of sp³-hybridized carbons (Fsp3) is 0.333. The number of hydrogen-bond donors (Lipinski definition) is 1. The van der Waals surface area contributed by atoms with E-state index in [1.54, 1.807) is 0 Å². The summed E-state index contributed by atoms with van der Waals surface area (Å²) >= 11 is 0. The average Bonchev–Trinajstić information content (AvgIpc) is 2.52. The van der Waals surface area contributed by atoms with Crippen LogP contribution < -0.4 is 10.1 Å². The van der Waals surface area contributed by atoms with E-state index in [-0.39, 0.29) is 0 Å². The summed E-state index contributed by atoms with van der Waals surface area (Å²) in [5.74, 6) is 1.46. The van der Waals surface area contributed by atoms with E-state index in [1.165, 1.54) is 5.56 Å². The summed E-state index contributed by atoms with van der Waals surface area (Å²) < 4.78 is 6.01. The zero-order valence-electron chi connectivity index (χ0n) is 12.3. The molecule has 2 rings (SSSR count). The molecular weight excluding hydrogens is 246 g/mol. The van der Waals surface area contributed by atoms with E-state index in [4.69, 9.17) is 4.74 Å². The Morgan fingerprint density at radius 2 is 1.70 bits per heavy atom. The Morgan fingerprint density at radius 3 is 2.45 bits per heavy atom. The zero-order chi connectivity index (χ0) is 14.2. The molecule has 1 N–H and O–H groups in total. The first-order valence-corrected chi connectivity index (χ1v) is 7.29. The first kappa shape index (κ1) is 14.6. The molecule has 20 heavy (non-hydrogen) atoms. The van der Waals surface area contributed by atoms with Crippen LogP contribution in [-0.4, -0.2) is 19.7 Å². The van der Waals surface area contributed by atoms with Gasteiger partial charge in [0.1, 0.15) is 5.75 Å². The predicted molar refractivity (Wildman–Crippen MR) is 85.1 cm³/mol. The van der Waals surface area contributed by atoms with Crippen molar-refractivity contribution in [3.8, 4) is 16.9 Å². The number of ether oxygens (including phenoxy) is 1. The van der Waals surface area contributed by atoms with E-state index in [9.17, 15) is 0 Å². The molecule has 0 spiro atoms. The van der Waals surface area contributed by atoms with Gasteiger partial charge in [0.05, 0.1) is 6.61 Å². The lowest BCUT2D eigenvalue weighted by Crippen LogP contribution is -2.24. The van der Waals surface area contributed by atoms with Crippen molar-refractivity contribution in [1.29, 1.82) is 0 Å². The maximum Gasteiger partial charge on any atom is 0.127 e. The summed E-state index contributed by atoms with van der Waals surface area (Å²) in [6, 6.07) is 18.6. The average molecular weight is 269 g/mol. The maximum absolute atomic E-state index is 6.01.